The van der Waals surface area contributed by atoms with Crippen LogP contribution in [0.4, 0.5) is 0 Å². The Labute approximate surface area is 136 Å². The molecular weight excluding hydrogens is 352 g/mol. The molecule has 0 saturated heterocycles. The molecule has 1 aromatic rings. The third-order valence-electron chi connectivity index (χ3n) is 3.63. The van der Waals surface area contributed by atoms with Crippen molar-refractivity contribution in [2.24, 2.45) is 11.7 Å². The van der Waals surface area contributed by atoms with Crippen LogP contribution in [0.3, 0.4) is 0 Å². The van der Waals surface area contributed by atoms with Crippen molar-refractivity contribution in [3.05, 3.63) is 28.2 Å². The lowest BCUT2D eigenvalue weighted by Crippen LogP contribution is -2.29. The highest BCUT2D eigenvalue weighted by molar-refractivity contribution is 9.10. The second-order valence-corrected chi connectivity index (χ2v) is 7.83. The van der Waals surface area contributed by atoms with Crippen LogP contribution in [-0.2, 0) is 16.6 Å². The Morgan fingerprint density at radius 3 is 2.62 bits per heavy atom. The van der Waals surface area contributed by atoms with E-state index < -0.39 is 10.0 Å². The van der Waals surface area contributed by atoms with Crippen LogP contribution in [0.1, 0.15) is 45.1 Å². The van der Waals surface area contributed by atoms with E-state index in [1.54, 1.807) is 12.1 Å². The largest absolute Gasteiger partial charge is 0.326 e. The summed E-state index contributed by atoms with van der Waals surface area (Å²) in [5.74, 6) is 0.385. The van der Waals surface area contributed by atoms with Crippen molar-refractivity contribution in [2.45, 2.75) is 51.0 Å². The fraction of sp³-hybridized carbons (Fsp3) is 0.600. The van der Waals surface area contributed by atoms with Gasteiger partial charge in [-0.25, -0.2) is 13.1 Å². The maximum absolute atomic E-state index is 12.4. The molecule has 0 radical (unpaired) electrons. The van der Waals surface area contributed by atoms with Gasteiger partial charge < -0.3 is 5.73 Å². The number of nitrogens with one attached hydrogen (secondary N) is 1. The fourth-order valence-corrected chi connectivity index (χ4v) is 4.26. The Morgan fingerprint density at radius 2 is 2.05 bits per heavy atom. The number of rotatable bonds is 9. The first-order valence-electron chi connectivity index (χ1n) is 7.42. The molecule has 1 aromatic carbocycles. The molecule has 1 unspecified atom stereocenters. The Balaban J connectivity index is 2.81. The zero-order valence-corrected chi connectivity index (χ0v) is 15.1. The highest BCUT2D eigenvalue weighted by Crippen LogP contribution is 2.23. The minimum Gasteiger partial charge on any atom is -0.326 e. The topological polar surface area (TPSA) is 72.2 Å². The lowest BCUT2D eigenvalue weighted by molar-refractivity contribution is 0.443. The summed E-state index contributed by atoms with van der Waals surface area (Å²) in [6, 6.07) is 5.17. The molecule has 0 bridgehead atoms. The number of hydrogen-bond donors (Lipinski definition) is 2. The van der Waals surface area contributed by atoms with Gasteiger partial charge in [-0.05, 0) is 46.0 Å². The first-order valence-corrected chi connectivity index (χ1v) is 9.70. The quantitative estimate of drug-likeness (QED) is 0.693. The van der Waals surface area contributed by atoms with E-state index >= 15 is 0 Å². The summed E-state index contributed by atoms with van der Waals surface area (Å²) in [6.07, 6.45) is 4.30. The zero-order valence-electron chi connectivity index (χ0n) is 12.7. The molecule has 1 rings (SSSR count). The summed E-state index contributed by atoms with van der Waals surface area (Å²) in [5, 5.41) is 0. The smallest absolute Gasteiger partial charge is 0.241 e. The number of sulfonamides is 1. The average molecular weight is 377 g/mol. The maximum Gasteiger partial charge on any atom is 0.241 e. The summed E-state index contributed by atoms with van der Waals surface area (Å²) in [6.45, 7) is 5.05. The van der Waals surface area contributed by atoms with E-state index in [4.69, 9.17) is 5.73 Å². The predicted molar refractivity (Wildman–Crippen MR) is 90.5 cm³/mol. The molecule has 0 aliphatic carbocycles. The Hall–Kier alpha value is -0.430. The van der Waals surface area contributed by atoms with Crippen LogP contribution in [0.5, 0.6) is 0 Å². The average Bonchev–Trinajstić information content (AvgIpc) is 2.47. The minimum atomic E-state index is -3.51. The number of nitrogens with two attached hydrogens (primary N) is 1. The molecular formula is C15H25BrN2O2S. The SMILES string of the molecule is CCCCC(CC)CNS(=O)(=O)c1cc(CN)ccc1Br. The predicted octanol–water partition coefficient (Wildman–Crippen LogP) is 3.40. The summed E-state index contributed by atoms with van der Waals surface area (Å²) in [5.41, 5.74) is 6.38. The molecule has 0 fully saturated rings. The normalized spacial score (nSPS) is 13.3. The molecule has 21 heavy (non-hydrogen) atoms. The van der Waals surface area contributed by atoms with E-state index in [0.717, 1.165) is 31.2 Å². The zero-order chi connectivity index (χ0) is 15.9. The second-order valence-electron chi connectivity index (χ2n) is 5.24. The van der Waals surface area contributed by atoms with E-state index in [1.165, 1.54) is 0 Å². The van der Waals surface area contributed by atoms with Gasteiger partial charge in [0.15, 0.2) is 0 Å². The number of halogens is 1. The Kier molecular flexibility index (Phi) is 7.87. The van der Waals surface area contributed by atoms with Crippen molar-refractivity contribution in [1.29, 1.82) is 0 Å². The van der Waals surface area contributed by atoms with E-state index in [1.807, 2.05) is 6.07 Å². The molecule has 0 saturated carbocycles. The molecule has 0 heterocycles. The number of hydrogen-bond acceptors (Lipinski definition) is 3. The van der Waals surface area contributed by atoms with Crippen LogP contribution in [-0.4, -0.2) is 15.0 Å². The van der Waals surface area contributed by atoms with Crippen molar-refractivity contribution in [2.75, 3.05) is 6.54 Å². The lowest BCUT2D eigenvalue weighted by atomic mass is 10.00. The summed E-state index contributed by atoms with van der Waals surface area (Å²) >= 11 is 3.30. The van der Waals surface area contributed by atoms with Gasteiger partial charge in [-0.3, -0.25) is 0 Å². The molecule has 0 aliphatic rings. The van der Waals surface area contributed by atoms with Crippen LogP contribution >= 0.6 is 15.9 Å². The molecule has 0 spiro atoms. The van der Waals surface area contributed by atoms with Gasteiger partial charge in [-0.1, -0.05) is 39.2 Å². The van der Waals surface area contributed by atoms with Crippen LogP contribution in [0.25, 0.3) is 0 Å². The third kappa shape index (κ3) is 5.70. The van der Waals surface area contributed by atoms with Gasteiger partial charge in [-0.15, -0.1) is 0 Å². The van der Waals surface area contributed by atoms with Crippen LogP contribution in [0, 0.1) is 5.92 Å². The van der Waals surface area contributed by atoms with Gasteiger partial charge in [0.25, 0.3) is 0 Å². The maximum atomic E-state index is 12.4. The van der Waals surface area contributed by atoms with Crippen molar-refractivity contribution >= 4 is 26.0 Å². The van der Waals surface area contributed by atoms with Crippen molar-refractivity contribution < 1.29 is 8.42 Å². The van der Waals surface area contributed by atoms with Crippen LogP contribution < -0.4 is 10.5 Å². The monoisotopic (exact) mass is 376 g/mol. The molecule has 0 aliphatic heterocycles. The molecule has 4 nitrogen and oxygen atoms in total. The number of benzene rings is 1. The molecule has 120 valence electrons. The lowest BCUT2D eigenvalue weighted by Gasteiger charge is -2.16. The van der Waals surface area contributed by atoms with Crippen LogP contribution in [0.15, 0.2) is 27.6 Å². The molecule has 0 aromatic heterocycles. The van der Waals surface area contributed by atoms with E-state index in [-0.39, 0.29) is 4.90 Å². The van der Waals surface area contributed by atoms with Gasteiger partial charge in [0.1, 0.15) is 0 Å². The van der Waals surface area contributed by atoms with Gasteiger partial charge in [-0.2, -0.15) is 0 Å². The van der Waals surface area contributed by atoms with Crippen LogP contribution in [0.2, 0.25) is 0 Å². The molecule has 1 atom stereocenters. The first-order chi connectivity index (χ1) is 9.94. The van der Waals surface area contributed by atoms with Crippen molar-refractivity contribution in [3.8, 4) is 0 Å². The van der Waals surface area contributed by atoms with Gasteiger partial charge in [0, 0.05) is 17.6 Å². The van der Waals surface area contributed by atoms with Crippen molar-refractivity contribution in [3.63, 3.8) is 0 Å². The molecule has 0 amide bonds. The standard InChI is InChI=1S/C15H25BrN2O2S/c1-3-5-6-12(4-2)11-18-21(19,20)15-9-13(10-17)7-8-14(15)16/h7-9,12,18H,3-6,10-11,17H2,1-2H3. The van der Waals surface area contributed by atoms with E-state index in [0.29, 0.717) is 23.5 Å². The minimum absolute atomic E-state index is 0.260. The fourth-order valence-electron chi connectivity index (χ4n) is 2.13. The van der Waals surface area contributed by atoms with E-state index in [9.17, 15) is 8.42 Å². The molecule has 6 heteroatoms. The third-order valence-corrected chi connectivity index (χ3v) is 6.04. The van der Waals surface area contributed by atoms with E-state index in [2.05, 4.69) is 34.5 Å². The molecule has 3 N–H and O–H groups in total. The summed E-state index contributed by atoms with van der Waals surface area (Å²) < 4.78 is 28.2. The highest BCUT2D eigenvalue weighted by Gasteiger charge is 2.19. The summed E-state index contributed by atoms with van der Waals surface area (Å²) in [7, 11) is -3.51. The van der Waals surface area contributed by atoms with Gasteiger partial charge >= 0.3 is 0 Å². The van der Waals surface area contributed by atoms with Gasteiger partial charge in [0.05, 0.1) is 4.90 Å². The Bertz CT molecular complexity index is 547. The second kappa shape index (κ2) is 8.88. The van der Waals surface area contributed by atoms with Gasteiger partial charge in [0.2, 0.25) is 10.0 Å². The Morgan fingerprint density at radius 1 is 1.33 bits per heavy atom. The first kappa shape index (κ1) is 18.6. The highest BCUT2D eigenvalue weighted by atomic mass is 79.9. The van der Waals surface area contributed by atoms with Crippen molar-refractivity contribution in [1.82, 2.24) is 4.72 Å². The summed E-state index contributed by atoms with van der Waals surface area (Å²) in [4.78, 5) is 0.260. The number of unbranched alkanes of at least 4 members (excludes halogenated alkanes) is 1.